The van der Waals surface area contributed by atoms with Crippen LogP contribution in [0.1, 0.15) is 34.1 Å². The van der Waals surface area contributed by atoms with Gasteiger partial charge in [0, 0.05) is 11.8 Å². The highest BCUT2D eigenvalue weighted by Gasteiger charge is 2.41. The fourth-order valence-electron chi connectivity index (χ4n) is 8.52. The van der Waals surface area contributed by atoms with Crippen molar-refractivity contribution in [3.05, 3.63) is 203 Å². The topological polar surface area (TPSA) is 52.6 Å². The predicted octanol–water partition coefficient (Wildman–Crippen LogP) is 11.2. The van der Waals surface area contributed by atoms with Crippen LogP contribution in [0.15, 0.2) is 181 Å². The van der Waals surface area contributed by atoms with Crippen LogP contribution in [0, 0.1) is 0 Å². The molecule has 260 valence electrons. The van der Waals surface area contributed by atoms with E-state index in [0.29, 0.717) is 0 Å². The molecular formula is C50H36O4. The minimum absolute atomic E-state index is 0.0422. The van der Waals surface area contributed by atoms with Crippen molar-refractivity contribution in [2.75, 3.05) is 14.2 Å². The molecule has 0 radical (unpaired) electrons. The molecule has 3 aliphatic carbocycles. The van der Waals surface area contributed by atoms with Crippen LogP contribution in [0.5, 0.6) is 11.5 Å². The standard InChI is InChI=1S/C50H36O4/c1-53-39-25-15-35(16-26-39)45(33-11-21-37(51)22-12-33)49-43-29-19-31-7-3-5-9-41(31)47(43)48-42-10-6-4-8-32(42)20-30-44(48)50(49)46(34-13-23-38(52)24-14-34)36-17-27-40(54-2)28-18-36/h3-30,49-50H,1-2H3/t49-,50-/m0/s1. The summed E-state index contributed by atoms with van der Waals surface area (Å²) in [6.07, 6.45) is 14.4. The normalized spacial score (nSPS) is 17.1. The number of benzene rings is 6. The second-order valence-corrected chi connectivity index (χ2v) is 13.8. The summed E-state index contributed by atoms with van der Waals surface area (Å²) in [6.45, 7) is 0. The van der Waals surface area contributed by atoms with Gasteiger partial charge in [-0.3, -0.25) is 9.59 Å². The molecule has 6 aromatic rings. The molecule has 2 atom stereocenters. The Hall–Kier alpha value is -6.78. The van der Waals surface area contributed by atoms with Crippen molar-refractivity contribution >= 4 is 44.3 Å². The number of ketones is 2. The van der Waals surface area contributed by atoms with Gasteiger partial charge in [-0.25, -0.2) is 0 Å². The Balaban J connectivity index is 1.47. The molecule has 4 heteroatoms. The van der Waals surface area contributed by atoms with Crippen LogP contribution < -0.4 is 9.47 Å². The van der Waals surface area contributed by atoms with Crippen molar-refractivity contribution in [3.8, 4) is 22.6 Å². The number of fused-ring (bicyclic) bond motifs is 7. The molecule has 0 heterocycles. The average Bonchev–Trinajstić information content (AvgIpc) is 3.23. The Morgan fingerprint density at radius 1 is 0.426 bits per heavy atom. The van der Waals surface area contributed by atoms with Crippen LogP contribution in [0.3, 0.4) is 0 Å². The lowest BCUT2D eigenvalue weighted by atomic mass is 9.61. The molecule has 0 spiro atoms. The zero-order valence-corrected chi connectivity index (χ0v) is 30.0. The lowest BCUT2D eigenvalue weighted by Gasteiger charge is -2.41. The van der Waals surface area contributed by atoms with Gasteiger partial charge in [-0.05, 0) is 126 Å². The largest absolute Gasteiger partial charge is 0.497 e. The van der Waals surface area contributed by atoms with Gasteiger partial charge in [-0.15, -0.1) is 0 Å². The molecule has 0 amide bonds. The van der Waals surface area contributed by atoms with Crippen molar-refractivity contribution in [2.45, 2.75) is 11.8 Å². The molecule has 0 fully saturated rings. The minimum Gasteiger partial charge on any atom is -0.497 e. The molecule has 0 aliphatic heterocycles. The van der Waals surface area contributed by atoms with E-state index in [1.54, 1.807) is 38.5 Å². The Morgan fingerprint density at radius 2 is 0.796 bits per heavy atom. The molecule has 4 nitrogen and oxygen atoms in total. The second kappa shape index (κ2) is 13.6. The highest BCUT2D eigenvalue weighted by molar-refractivity contribution is 6.12. The number of allylic oxidation sites excluding steroid dienone is 12. The van der Waals surface area contributed by atoms with Crippen LogP contribution in [-0.2, 0) is 9.59 Å². The first-order valence-electron chi connectivity index (χ1n) is 18.1. The Kier molecular flexibility index (Phi) is 8.36. The van der Waals surface area contributed by atoms with E-state index in [1.165, 1.54) is 43.8 Å². The molecule has 0 aromatic heterocycles. The van der Waals surface area contributed by atoms with Gasteiger partial charge >= 0.3 is 0 Å². The van der Waals surface area contributed by atoms with Crippen LogP contribution in [0.2, 0.25) is 0 Å². The third-order valence-electron chi connectivity index (χ3n) is 10.9. The first-order chi connectivity index (χ1) is 26.5. The number of methoxy groups -OCH3 is 2. The number of ether oxygens (including phenoxy) is 2. The van der Waals surface area contributed by atoms with Crippen LogP contribution in [0.4, 0.5) is 0 Å². The fourth-order valence-corrected chi connectivity index (χ4v) is 8.52. The molecule has 0 bridgehead atoms. The smallest absolute Gasteiger partial charge is 0.178 e. The van der Waals surface area contributed by atoms with Gasteiger partial charge in [-0.2, -0.15) is 0 Å². The Labute approximate surface area is 314 Å². The summed E-state index contributed by atoms with van der Waals surface area (Å²) in [5, 5.41) is 4.70. The van der Waals surface area contributed by atoms with Crippen molar-refractivity contribution < 1.29 is 19.1 Å². The summed E-state index contributed by atoms with van der Waals surface area (Å²) in [6, 6.07) is 42.8. The van der Waals surface area contributed by atoms with Gasteiger partial charge in [0.25, 0.3) is 0 Å². The average molecular weight is 701 g/mol. The van der Waals surface area contributed by atoms with E-state index in [4.69, 9.17) is 9.47 Å². The number of hydrogen-bond acceptors (Lipinski definition) is 4. The number of carbonyl (C=O) groups excluding carboxylic acids is 2. The summed E-state index contributed by atoms with van der Waals surface area (Å²) >= 11 is 0. The second-order valence-electron chi connectivity index (χ2n) is 13.8. The van der Waals surface area contributed by atoms with Crippen molar-refractivity contribution in [3.63, 3.8) is 0 Å². The zero-order chi connectivity index (χ0) is 36.8. The van der Waals surface area contributed by atoms with E-state index in [9.17, 15) is 9.59 Å². The fraction of sp³-hybridized carbons (Fsp3) is 0.0800. The summed E-state index contributed by atoms with van der Waals surface area (Å²) in [5.74, 6) is 0.958. The first-order valence-corrected chi connectivity index (χ1v) is 18.1. The third-order valence-corrected chi connectivity index (χ3v) is 10.9. The maximum Gasteiger partial charge on any atom is 0.178 e. The van der Waals surface area contributed by atoms with E-state index in [1.807, 2.05) is 48.6 Å². The minimum atomic E-state index is -0.242. The molecular weight excluding hydrogens is 665 g/mol. The van der Waals surface area contributed by atoms with Crippen molar-refractivity contribution in [1.29, 1.82) is 0 Å². The predicted molar refractivity (Wildman–Crippen MR) is 219 cm³/mol. The third kappa shape index (κ3) is 5.64. The first kappa shape index (κ1) is 33.1. The van der Waals surface area contributed by atoms with Gasteiger partial charge in [0.15, 0.2) is 11.6 Å². The molecule has 0 saturated heterocycles. The summed E-state index contributed by atoms with van der Waals surface area (Å²) in [4.78, 5) is 25.3. The van der Waals surface area contributed by atoms with Gasteiger partial charge < -0.3 is 9.47 Å². The van der Waals surface area contributed by atoms with Gasteiger partial charge in [0.2, 0.25) is 0 Å². The quantitative estimate of drug-likeness (QED) is 0.174. The van der Waals surface area contributed by atoms with Gasteiger partial charge in [-0.1, -0.05) is 121 Å². The summed E-state index contributed by atoms with van der Waals surface area (Å²) in [5.41, 5.74) is 10.9. The van der Waals surface area contributed by atoms with E-state index in [-0.39, 0.29) is 23.4 Å². The monoisotopic (exact) mass is 700 g/mol. The molecule has 0 saturated carbocycles. The Morgan fingerprint density at radius 3 is 1.17 bits per heavy atom. The van der Waals surface area contributed by atoms with E-state index in [0.717, 1.165) is 44.9 Å². The number of hydrogen-bond donors (Lipinski definition) is 0. The molecule has 0 unspecified atom stereocenters. The maximum absolute atomic E-state index is 12.6. The number of rotatable bonds is 6. The molecule has 3 aliphatic rings. The highest BCUT2D eigenvalue weighted by atomic mass is 16.5. The van der Waals surface area contributed by atoms with Crippen LogP contribution in [-0.4, -0.2) is 25.8 Å². The maximum atomic E-state index is 12.6. The SMILES string of the molecule is COc1ccc(C(=C2C=CC(=O)C=C2)[C@@H]2c3ccc4ccccc4c3-c3c(ccc4ccccc34)[C@H]2C(=C2C=CC(=O)C=C2)c2ccc(OC)cc2)cc1. The lowest BCUT2D eigenvalue weighted by molar-refractivity contribution is -0.111. The summed E-state index contributed by atoms with van der Waals surface area (Å²) in [7, 11) is 3.35. The van der Waals surface area contributed by atoms with Crippen molar-refractivity contribution in [1.82, 2.24) is 0 Å². The lowest BCUT2D eigenvalue weighted by Crippen LogP contribution is -2.23. The van der Waals surface area contributed by atoms with Gasteiger partial charge in [0.1, 0.15) is 11.5 Å². The summed E-state index contributed by atoms with van der Waals surface area (Å²) < 4.78 is 11.2. The van der Waals surface area contributed by atoms with E-state index in [2.05, 4.69) is 97.1 Å². The van der Waals surface area contributed by atoms with Gasteiger partial charge in [0.05, 0.1) is 14.2 Å². The van der Waals surface area contributed by atoms with Crippen LogP contribution >= 0.6 is 0 Å². The molecule has 6 aromatic carbocycles. The molecule has 54 heavy (non-hydrogen) atoms. The molecule has 9 rings (SSSR count). The van der Waals surface area contributed by atoms with E-state index >= 15 is 0 Å². The highest BCUT2D eigenvalue weighted by Crippen LogP contribution is 2.60. The molecule has 0 N–H and O–H groups in total. The van der Waals surface area contributed by atoms with E-state index < -0.39 is 0 Å². The zero-order valence-electron chi connectivity index (χ0n) is 30.0. The van der Waals surface area contributed by atoms with Crippen LogP contribution in [0.25, 0.3) is 43.8 Å². The number of carbonyl (C=O) groups is 2. The van der Waals surface area contributed by atoms with Crippen molar-refractivity contribution in [2.24, 2.45) is 0 Å². The Bertz CT molecular complexity index is 2470.